The van der Waals surface area contributed by atoms with E-state index in [4.69, 9.17) is 4.74 Å². The average molecular weight is 302 g/mol. The van der Waals surface area contributed by atoms with E-state index in [1.165, 1.54) is 11.1 Å². The van der Waals surface area contributed by atoms with Gasteiger partial charge in [0.2, 0.25) is 5.91 Å². The summed E-state index contributed by atoms with van der Waals surface area (Å²) >= 11 is 0. The van der Waals surface area contributed by atoms with Crippen molar-refractivity contribution in [1.29, 1.82) is 0 Å². The Labute approximate surface area is 133 Å². The van der Waals surface area contributed by atoms with Gasteiger partial charge in [0.25, 0.3) is 0 Å². The highest BCUT2D eigenvalue weighted by atomic mass is 16.5. The van der Waals surface area contributed by atoms with Gasteiger partial charge >= 0.3 is 0 Å². The van der Waals surface area contributed by atoms with Crippen LogP contribution in [-0.4, -0.2) is 42.6 Å². The predicted molar refractivity (Wildman–Crippen MR) is 88.1 cm³/mol. The Kier molecular flexibility index (Phi) is 4.00. The molecule has 1 atom stereocenters. The van der Waals surface area contributed by atoms with Gasteiger partial charge in [-0.25, -0.2) is 0 Å². The molecule has 22 heavy (non-hydrogen) atoms. The molecule has 1 fully saturated rings. The Morgan fingerprint density at radius 3 is 2.82 bits per heavy atom. The summed E-state index contributed by atoms with van der Waals surface area (Å²) in [6, 6.07) is 6.52. The highest BCUT2D eigenvalue weighted by Gasteiger charge is 2.31. The molecule has 1 aromatic rings. The van der Waals surface area contributed by atoms with E-state index in [0.717, 1.165) is 31.7 Å². The summed E-state index contributed by atoms with van der Waals surface area (Å²) in [5, 5.41) is 0. The predicted octanol–water partition coefficient (Wildman–Crippen LogP) is 2.59. The Hall–Kier alpha value is -1.39. The van der Waals surface area contributed by atoms with Gasteiger partial charge in [-0.05, 0) is 44.4 Å². The molecule has 1 unspecified atom stereocenters. The lowest BCUT2D eigenvalue weighted by Gasteiger charge is -2.41. The van der Waals surface area contributed by atoms with Crippen LogP contribution in [0.25, 0.3) is 0 Å². The number of anilines is 1. The van der Waals surface area contributed by atoms with Crippen LogP contribution in [0.15, 0.2) is 18.2 Å². The zero-order valence-electron chi connectivity index (χ0n) is 14.1. The van der Waals surface area contributed by atoms with E-state index >= 15 is 0 Å². The lowest BCUT2D eigenvalue weighted by molar-refractivity contribution is -0.130. The van der Waals surface area contributed by atoms with Crippen molar-refractivity contribution in [3.8, 4) is 0 Å². The third-order valence-electron chi connectivity index (χ3n) is 4.53. The lowest BCUT2D eigenvalue weighted by Crippen LogP contribution is -2.51. The van der Waals surface area contributed by atoms with E-state index in [9.17, 15) is 4.79 Å². The Morgan fingerprint density at radius 2 is 2.09 bits per heavy atom. The first kappa shape index (κ1) is 15.5. The van der Waals surface area contributed by atoms with Crippen LogP contribution in [0, 0.1) is 0 Å². The van der Waals surface area contributed by atoms with E-state index in [-0.39, 0.29) is 17.6 Å². The van der Waals surface area contributed by atoms with E-state index < -0.39 is 0 Å². The van der Waals surface area contributed by atoms with Crippen LogP contribution in [0.5, 0.6) is 0 Å². The molecule has 4 nitrogen and oxygen atoms in total. The molecule has 1 saturated heterocycles. The van der Waals surface area contributed by atoms with Crippen LogP contribution in [0.4, 0.5) is 5.69 Å². The molecule has 2 aliphatic rings. The summed E-state index contributed by atoms with van der Waals surface area (Å²) < 4.78 is 5.97. The minimum Gasteiger partial charge on any atom is -0.370 e. The normalized spacial score (nSPS) is 25.2. The van der Waals surface area contributed by atoms with Gasteiger partial charge in [0.15, 0.2) is 0 Å². The van der Waals surface area contributed by atoms with Crippen LogP contribution < -0.4 is 4.90 Å². The van der Waals surface area contributed by atoms with Gasteiger partial charge in [-0.2, -0.15) is 0 Å². The van der Waals surface area contributed by atoms with Gasteiger partial charge in [-0.1, -0.05) is 12.1 Å². The minimum atomic E-state index is -0.0848. The molecule has 3 rings (SSSR count). The fraction of sp³-hybridized carbons (Fsp3) is 0.611. The summed E-state index contributed by atoms with van der Waals surface area (Å²) in [6.07, 6.45) is 1.75. The van der Waals surface area contributed by atoms with E-state index in [1.54, 1.807) is 4.90 Å². The number of amides is 1. The van der Waals surface area contributed by atoms with Crippen molar-refractivity contribution < 1.29 is 9.53 Å². The molecular weight excluding hydrogens is 276 g/mol. The maximum atomic E-state index is 11.8. The highest BCUT2D eigenvalue weighted by molar-refractivity contribution is 5.95. The third kappa shape index (κ3) is 3.18. The Bertz CT molecular complexity index is 582. The molecule has 0 N–H and O–H groups in total. The van der Waals surface area contributed by atoms with Crippen molar-refractivity contribution in [2.45, 2.75) is 51.9 Å². The van der Waals surface area contributed by atoms with E-state index in [0.29, 0.717) is 6.42 Å². The second kappa shape index (κ2) is 5.67. The van der Waals surface area contributed by atoms with Crippen LogP contribution in [-0.2, 0) is 22.5 Å². The second-order valence-corrected chi connectivity index (χ2v) is 7.27. The molecule has 0 bridgehead atoms. The average Bonchev–Trinajstić information content (AvgIpc) is 2.41. The van der Waals surface area contributed by atoms with Crippen LogP contribution in [0.1, 0.15) is 38.3 Å². The number of hydrogen-bond acceptors (Lipinski definition) is 3. The first-order chi connectivity index (χ1) is 10.3. The van der Waals surface area contributed by atoms with Gasteiger partial charge in [0.05, 0.1) is 11.7 Å². The number of carbonyl (C=O) groups excluding carboxylic acids is 1. The SMILES string of the molecule is CC1CN(Cc2ccc3c(c2)CCC(=O)N3C)CC(C)(C)O1. The number of nitrogens with zero attached hydrogens (tertiary/aromatic N) is 2. The molecule has 0 spiro atoms. The Morgan fingerprint density at radius 1 is 1.32 bits per heavy atom. The fourth-order valence-electron chi connectivity index (χ4n) is 3.77. The van der Waals surface area contributed by atoms with Crippen LogP contribution >= 0.6 is 0 Å². The first-order valence-electron chi connectivity index (χ1n) is 8.12. The molecule has 0 aliphatic carbocycles. The van der Waals surface area contributed by atoms with Gasteiger partial charge < -0.3 is 9.64 Å². The van der Waals surface area contributed by atoms with Gasteiger partial charge in [0, 0.05) is 38.8 Å². The number of morpholine rings is 1. The molecule has 2 heterocycles. The summed E-state index contributed by atoms with van der Waals surface area (Å²) in [4.78, 5) is 16.0. The van der Waals surface area contributed by atoms with Crippen LogP contribution in [0.3, 0.4) is 0 Å². The first-order valence-corrected chi connectivity index (χ1v) is 8.12. The summed E-state index contributed by atoms with van der Waals surface area (Å²) in [7, 11) is 1.87. The topological polar surface area (TPSA) is 32.8 Å². The maximum Gasteiger partial charge on any atom is 0.227 e. The number of benzene rings is 1. The fourth-order valence-corrected chi connectivity index (χ4v) is 3.77. The largest absolute Gasteiger partial charge is 0.370 e. The van der Waals surface area contributed by atoms with Crippen molar-refractivity contribution in [2.24, 2.45) is 0 Å². The number of fused-ring (bicyclic) bond motifs is 1. The summed E-state index contributed by atoms with van der Waals surface area (Å²) in [5.74, 6) is 0.212. The maximum absolute atomic E-state index is 11.8. The van der Waals surface area contributed by atoms with Crippen molar-refractivity contribution in [1.82, 2.24) is 4.90 Å². The molecule has 120 valence electrons. The molecular formula is C18H26N2O2. The molecule has 0 saturated carbocycles. The Balaban J connectivity index is 1.75. The quantitative estimate of drug-likeness (QED) is 0.842. The van der Waals surface area contributed by atoms with Crippen molar-refractivity contribution in [3.05, 3.63) is 29.3 Å². The highest BCUT2D eigenvalue weighted by Crippen LogP contribution is 2.29. The lowest BCUT2D eigenvalue weighted by atomic mass is 9.98. The summed E-state index contributed by atoms with van der Waals surface area (Å²) in [6.45, 7) is 9.32. The molecule has 0 aromatic heterocycles. The van der Waals surface area contributed by atoms with Crippen molar-refractivity contribution in [3.63, 3.8) is 0 Å². The smallest absolute Gasteiger partial charge is 0.227 e. The van der Waals surface area contributed by atoms with Gasteiger partial charge in [-0.15, -0.1) is 0 Å². The standard InChI is InChI=1S/C18H26N2O2/c1-13-10-20(12-18(2,3)22-13)11-14-5-7-16-15(9-14)6-8-17(21)19(16)4/h5,7,9,13H,6,8,10-12H2,1-4H3. The minimum absolute atomic E-state index is 0.0848. The van der Waals surface area contributed by atoms with Crippen molar-refractivity contribution in [2.75, 3.05) is 25.0 Å². The number of rotatable bonds is 2. The van der Waals surface area contributed by atoms with E-state index in [2.05, 4.69) is 43.9 Å². The molecule has 1 aromatic carbocycles. The van der Waals surface area contributed by atoms with Crippen molar-refractivity contribution >= 4 is 11.6 Å². The second-order valence-electron chi connectivity index (χ2n) is 7.27. The van der Waals surface area contributed by atoms with Gasteiger partial charge in [0.1, 0.15) is 0 Å². The molecule has 0 radical (unpaired) electrons. The monoisotopic (exact) mass is 302 g/mol. The van der Waals surface area contributed by atoms with E-state index in [1.807, 2.05) is 7.05 Å². The molecule has 2 aliphatic heterocycles. The van der Waals surface area contributed by atoms with Gasteiger partial charge in [-0.3, -0.25) is 9.69 Å². The third-order valence-corrected chi connectivity index (χ3v) is 4.53. The molecule has 1 amide bonds. The summed E-state index contributed by atoms with van der Waals surface area (Å²) in [5.41, 5.74) is 3.60. The number of carbonyl (C=O) groups is 1. The zero-order chi connectivity index (χ0) is 15.9. The van der Waals surface area contributed by atoms with Crippen LogP contribution in [0.2, 0.25) is 0 Å². The number of aryl methyl sites for hydroxylation is 1. The zero-order valence-corrected chi connectivity index (χ0v) is 14.1. The molecule has 4 heteroatoms. The number of hydrogen-bond donors (Lipinski definition) is 0. The number of ether oxygens (including phenoxy) is 1.